The number of amidine groups is 1. The first-order valence-electron chi connectivity index (χ1n) is 11.6. The maximum Gasteiger partial charge on any atom is 0.410 e. The molecule has 2 aromatic rings. The molecule has 0 spiro atoms. The minimum atomic E-state index is -4.30. The Balaban J connectivity index is 1.68. The smallest absolute Gasteiger partial charge is 0.385 e. The summed E-state index contributed by atoms with van der Waals surface area (Å²) >= 11 is 0. The van der Waals surface area contributed by atoms with E-state index in [9.17, 15) is 13.2 Å². The second-order valence-electron chi connectivity index (χ2n) is 8.37. The van der Waals surface area contributed by atoms with E-state index < -0.39 is 12.2 Å². The van der Waals surface area contributed by atoms with E-state index in [0.29, 0.717) is 11.4 Å². The fourth-order valence-corrected chi connectivity index (χ4v) is 3.75. The number of unbranched alkanes of at least 4 members (excludes halogenated alkanes) is 1. The number of hydrogen-bond acceptors (Lipinski definition) is 4. The van der Waals surface area contributed by atoms with Crippen LogP contribution < -0.4 is 16.0 Å². The number of nitrogens with one attached hydrogen (secondary N) is 3. The molecule has 1 heterocycles. The van der Waals surface area contributed by atoms with Crippen molar-refractivity contribution in [2.45, 2.75) is 57.8 Å². The molecular formula is C26H33F3N4. The van der Waals surface area contributed by atoms with Crippen LogP contribution in [0.5, 0.6) is 0 Å². The van der Waals surface area contributed by atoms with Crippen LogP contribution in [0.3, 0.4) is 0 Å². The molecule has 2 atom stereocenters. The van der Waals surface area contributed by atoms with E-state index in [1.807, 2.05) is 36.4 Å². The third-order valence-corrected chi connectivity index (χ3v) is 5.73. The van der Waals surface area contributed by atoms with E-state index in [2.05, 4.69) is 53.5 Å². The van der Waals surface area contributed by atoms with Crippen LogP contribution in [0, 0.1) is 0 Å². The van der Waals surface area contributed by atoms with Gasteiger partial charge in [0.25, 0.3) is 0 Å². The molecule has 0 bridgehead atoms. The van der Waals surface area contributed by atoms with E-state index >= 15 is 0 Å². The Bertz CT molecular complexity index is 934. The molecule has 0 aliphatic carbocycles. The van der Waals surface area contributed by atoms with Crippen LogP contribution >= 0.6 is 0 Å². The highest BCUT2D eigenvalue weighted by Crippen LogP contribution is 2.27. The first kappa shape index (κ1) is 24.7. The van der Waals surface area contributed by atoms with Gasteiger partial charge in [0.05, 0.1) is 12.6 Å². The molecule has 3 rings (SSSR count). The number of hydrogen-bond donors (Lipinski definition) is 3. The summed E-state index contributed by atoms with van der Waals surface area (Å²) in [5.74, 6) is 0.300. The van der Waals surface area contributed by atoms with Gasteiger partial charge >= 0.3 is 6.18 Å². The molecule has 2 unspecified atom stereocenters. The Morgan fingerprint density at radius 1 is 1.09 bits per heavy atom. The zero-order chi connectivity index (χ0) is 23.8. The molecule has 0 fully saturated rings. The van der Waals surface area contributed by atoms with Gasteiger partial charge in [0.1, 0.15) is 11.9 Å². The number of anilines is 1. The monoisotopic (exact) mass is 458 g/mol. The van der Waals surface area contributed by atoms with Gasteiger partial charge in [0.15, 0.2) is 0 Å². The second kappa shape index (κ2) is 11.3. The highest BCUT2D eigenvalue weighted by Gasteiger charge is 2.42. The predicted octanol–water partition coefficient (Wildman–Crippen LogP) is 6.28. The number of halogens is 3. The zero-order valence-electron chi connectivity index (χ0n) is 19.3. The van der Waals surface area contributed by atoms with Crippen LogP contribution in [0.25, 0.3) is 5.70 Å². The van der Waals surface area contributed by atoms with Crippen molar-refractivity contribution in [1.82, 2.24) is 10.6 Å². The Kier molecular flexibility index (Phi) is 8.42. The van der Waals surface area contributed by atoms with E-state index in [0.717, 1.165) is 54.7 Å². The molecule has 2 aromatic carbocycles. The number of alkyl halides is 3. The molecule has 0 radical (unpaired) electrons. The highest BCUT2D eigenvalue weighted by molar-refractivity contribution is 6.00. The molecule has 33 heavy (non-hydrogen) atoms. The summed E-state index contributed by atoms with van der Waals surface area (Å²) in [6, 6.07) is 14.3. The summed E-state index contributed by atoms with van der Waals surface area (Å²) in [5, 5.41) is 9.41. The van der Waals surface area contributed by atoms with Crippen molar-refractivity contribution in [3.05, 3.63) is 71.8 Å². The summed E-state index contributed by atoms with van der Waals surface area (Å²) in [7, 11) is 0. The lowest BCUT2D eigenvalue weighted by molar-refractivity contribution is -0.147. The molecule has 0 amide bonds. The van der Waals surface area contributed by atoms with E-state index in [-0.39, 0.29) is 12.6 Å². The minimum Gasteiger partial charge on any atom is -0.385 e. The van der Waals surface area contributed by atoms with Crippen LogP contribution in [-0.2, 0) is 0 Å². The quantitative estimate of drug-likeness (QED) is 0.371. The SMILES string of the molecule is C=C(NCCC)c1ccc(NC(CCCC)c2ccc(C3=NCC(C(F)(F)F)N3)cc2)cc1. The van der Waals surface area contributed by atoms with Crippen LogP contribution in [0.4, 0.5) is 18.9 Å². The summed E-state index contributed by atoms with van der Waals surface area (Å²) in [5.41, 5.74) is 4.75. The number of benzene rings is 2. The van der Waals surface area contributed by atoms with Crippen molar-refractivity contribution in [3.8, 4) is 0 Å². The molecule has 1 aliphatic heterocycles. The lowest BCUT2D eigenvalue weighted by Crippen LogP contribution is -2.42. The van der Waals surface area contributed by atoms with Gasteiger partial charge < -0.3 is 16.0 Å². The van der Waals surface area contributed by atoms with Crippen molar-refractivity contribution < 1.29 is 13.2 Å². The van der Waals surface area contributed by atoms with Crippen LogP contribution in [0.2, 0.25) is 0 Å². The maximum atomic E-state index is 12.9. The third-order valence-electron chi connectivity index (χ3n) is 5.73. The highest BCUT2D eigenvalue weighted by atomic mass is 19.4. The molecule has 7 heteroatoms. The van der Waals surface area contributed by atoms with Crippen molar-refractivity contribution in [2.75, 3.05) is 18.4 Å². The van der Waals surface area contributed by atoms with Gasteiger partial charge in [0, 0.05) is 23.5 Å². The molecule has 178 valence electrons. The van der Waals surface area contributed by atoms with E-state index in [1.54, 1.807) is 0 Å². The topological polar surface area (TPSA) is 48.5 Å². The third kappa shape index (κ3) is 6.76. The van der Waals surface area contributed by atoms with Gasteiger partial charge in [-0.1, -0.05) is 69.7 Å². The first-order chi connectivity index (χ1) is 15.8. The van der Waals surface area contributed by atoms with Gasteiger partial charge in [-0.05, 0) is 36.1 Å². The van der Waals surface area contributed by atoms with Crippen molar-refractivity contribution >= 4 is 17.2 Å². The fourth-order valence-electron chi connectivity index (χ4n) is 3.75. The minimum absolute atomic E-state index is 0.104. The van der Waals surface area contributed by atoms with Crippen LogP contribution in [0.15, 0.2) is 60.1 Å². The van der Waals surface area contributed by atoms with Crippen molar-refractivity contribution in [2.24, 2.45) is 4.99 Å². The molecule has 0 saturated heterocycles. The Hall–Kier alpha value is -2.96. The Morgan fingerprint density at radius 3 is 2.36 bits per heavy atom. The largest absolute Gasteiger partial charge is 0.410 e. The lowest BCUT2D eigenvalue weighted by Gasteiger charge is -2.21. The van der Waals surface area contributed by atoms with Gasteiger partial charge in [-0.15, -0.1) is 0 Å². The Morgan fingerprint density at radius 2 is 1.79 bits per heavy atom. The van der Waals surface area contributed by atoms with Gasteiger partial charge in [0.2, 0.25) is 0 Å². The maximum absolute atomic E-state index is 12.9. The van der Waals surface area contributed by atoms with Crippen molar-refractivity contribution in [3.63, 3.8) is 0 Å². The van der Waals surface area contributed by atoms with Gasteiger partial charge in [-0.25, -0.2) is 0 Å². The molecule has 3 N–H and O–H groups in total. The van der Waals surface area contributed by atoms with Gasteiger partial charge in [-0.3, -0.25) is 4.99 Å². The second-order valence-corrected chi connectivity index (χ2v) is 8.37. The first-order valence-corrected chi connectivity index (χ1v) is 11.6. The molecule has 0 saturated carbocycles. The average molecular weight is 459 g/mol. The number of nitrogens with zero attached hydrogens (tertiary/aromatic N) is 1. The zero-order valence-corrected chi connectivity index (χ0v) is 19.3. The molecule has 0 aromatic heterocycles. The summed E-state index contributed by atoms with van der Waals surface area (Å²) in [4.78, 5) is 4.04. The predicted molar refractivity (Wildman–Crippen MR) is 130 cm³/mol. The summed E-state index contributed by atoms with van der Waals surface area (Å²) < 4.78 is 38.7. The standard InChI is InChI=1S/C26H33F3N4/c1-4-6-7-23(32-22-14-12-19(13-15-22)18(3)30-16-5-2)20-8-10-21(11-9-20)25-31-17-24(33-25)26(27,28)29/h8-15,23-24,30,32H,3-7,16-17H2,1-2H3,(H,31,33). The molecule has 4 nitrogen and oxygen atoms in total. The molecular weight excluding hydrogens is 425 g/mol. The van der Waals surface area contributed by atoms with Crippen LogP contribution in [-0.4, -0.2) is 31.1 Å². The van der Waals surface area contributed by atoms with E-state index in [4.69, 9.17) is 0 Å². The molecule has 1 aliphatic rings. The van der Waals surface area contributed by atoms with Crippen molar-refractivity contribution in [1.29, 1.82) is 0 Å². The van der Waals surface area contributed by atoms with Crippen LogP contribution in [0.1, 0.15) is 62.3 Å². The Labute approximate surface area is 194 Å². The lowest BCUT2D eigenvalue weighted by atomic mass is 9.99. The normalized spacial score (nSPS) is 16.6. The number of aliphatic imine (C=N–C) groups is 1. The summed E-state index contributed by atoms with van der Waals surface area (Å²) in [6.07, 6.45) is -0.149. The average Bonchev–Trinajstić information content (AvgIpc) is 3.32. The summed E-state index contributed by atoms with van der Waals surface area (Å²) in [6.45, 7) is 8.98. The number of rotatable bonds is 11. The van der Waals surface area contributed by atoms with Gasteiger partial charge in [-0.2, -0.15) is 13.2 Å². The van der Waals surface area contributed by atoms with E-state index in [1.165, 1.54) is 0 Å². The fraction of sp³-hybridized carbons (Fsp3) is 0.423.